The topological polar surface area (TPSA) is 55.3 Å². The molecule has 1 aromatic rings. The monoisotopic (exact) mass is 193 g/mol. The van der Waals surface area contributed by atoms with Gasteiger partial charge in [-0.15, -0.1) is 0 Å². The molecule has 5 heteroatoms. The molecule has 0 aromatic carbocycles. The van der Waals surface area contributed by atoms with Gasteiger partial charge < -0.3 is 9.64 Å². The SMILES string of the molecule is O=C(COc1ccncn1)N1CCC1. The highest BCUT2D eigenvalue weighted by Gasteiger charge is 2.20. The van der Waals surface area contributed by atoms with Gasteiger partial charge in [-0.3, -0.25) is 4.79 Å². The van der Waals surface area contributed by atoms with Gasteiger partial charge in [-0.05, 0) is 6.42 Å². The average Bonchev–Trinajstić information content (AvgIpc) is 2.14. The van der Waals surface area contributed by atoms with E-state index in [2.05, 4.69) is 9.97 Å². The number of hydrogen-bond acceptors (Lipinski definition) is 4. The van der Waals surface area contributed by atoms with Crippen LogP contribution in [0, 0.1) is 0 Å². The van der Waals surface area contributed by atoms with E-state index in [0.29, 0.717) is 5.88 Å². The normalized spacial score (nSPS) is 14.7. The Hall–Kier alpha value is -1.65. The summed E-state index contributed by atoms with van der Waals surface area (Å²) in [7, 11) is 0. The summed E-state index contributed by atoms with van der Waals surface area (Å²) in [5, 5.41) is 0. The van der Waals surface area contributed by atoms with Crippen LogP contribution in [0.25, 0.3) is 0 Å². The van der Waals surface area contributed by atoms with E-state index in [-0.39, 0.29) is 12.5 Å². The maximum atomic E-state index is 11.4. The van der Waals surface area contributed by atoms with Gasteiger partial charge in [0.05, 0.1) is 0 Å². The zero-order chi connectivity index (χ0) is 9.80. The number of ether oxygens (including phenoxy) is 1. The van der Waals surface area contributed by atoms with Crippen LogP contribution in [0.5, 0.6) is 5.88 Å². The Morgan fingerprint density at radius 2 is 2.43 bits per heavy atom. The Kier molecular flexibility index (Phi) is 2.58. The van der Waals surface area contributed by atoms with Crippen LogP contribution in [-0.4, -0.2) is 40.5 Å². The van der Waals surface area contributed by atoms with E-state index in [1.54, 1.807) is 17.2 Å². The minimum atomic E-state index is 0.0230. The lowest BCUT2D eigenvalue weighted by Gasteiger charge is -2.30. The van der Waals surface area contributed by atoms with E-state index >= 15 is 0 Å². The molecule has 14 heavy (non-hydrogen) atoms. The first-order valence-electron chi connectivity index (χ1n) is 4.53. The molecule has 0 aliphatic carbocycles. The number of carbonyl (C=O) groups excluding carboxylic acids is 1. The fourth-order valence-electron chi connectivity index (χ4n) is 1.16. The molecule has 0 atom stereocenters. The number of rotatable bonds is 3. The van der Waals surface area contributed by atoms with Gasteiger partial charge in [-0.1, -0.05) is 0 Å². The van der Waals surface area contributed by atoms with Crippen molar-refractivity contribution in [2.45, 2.75) is 6.42 Å². The van der Waals surface area contributed by atoms with Crippen LogP contribution in [0.3, 0.4) is 0 Å². The van der Waals surface area contributed by atoms with Crippen LogP contribution < -0.4 is 4.74 Å². The number of amides is 1. The van der Waals surface area contributed by atoms with Crippen molar-refractivity contribution in [3.05, 3.63) is 18.6 Å². The Labute approximate surface area is 81.7 Å². The number of aromatic nitrogens is 2. The smallest absolute Gasteiger partial charge is 0.260 e. The van der Waals surface area contributed by atoms with Crippen molar-refractivity contribution in [3.63, 3.8) is 0 Å². The molecule has 1 fully saturated rings. The summed E-state index contributed by atoms with van der Waals surface area (Å²) in [6.07, 6.45) is 4.07. The highest BCUT2D eigenvalue weighted by Crippen LogP contribution is 2.07. The fourth-order valence-corrected chi connectivity index (χ4v) is 1.16. The molecule has 0 radical (unpaired) electrons. The fraction of sp³-hybridized carbons (Fsp3) is 0.444. The van der Waals surface area contributed by atoms with Crippen LogP contribution in [0.15, 0.2) is 18.6 Å². The van der Waals surface area contributed by atoms with Crippen molar-refractivity contribution in [2.75, 3.05) is 19.7 Å². The van der Waals surface area contributed by atoms with Gasteiger partial charge in [0.1, 0.15) is 6.33 Å². The van der Waals surface area contributed by atoms with Crippen LogP contribution in [0.4, 0.5) is 0 Å². The van der Waals surface area contributed by atoms with Gasteiger partial charge in [-0.25, -0.2) is 9.97 Å². The molecule has 1 aliphatic heterocycles. The predicted molar refractivity (Wildman–Crippen MR) is 48.7 cm³/mol. The third-order valence-electron chi connectivity index (χ3n) is 2.11. The van der Waals surface area contributed by atoms with Crippen LogP contribution >= 0.6 is 0 Å². The summed E-state index contributed by atoms with van der Waals surface area (Å²) in [6, 6.07) is 1.63. The minimum Gasteiger partial charge on any atom is -0.467 e. The zero-order valence-electron chi connectivity index (χ0n) is 7.72. The maximum Gasteiger partial charge on any atom is 0.260 e. The molecule has 0 spiro atoms. The summed E-state index contributed by atoms with van der Waals surface area (Å²) in [6.45, 7) is 1.77. The van der Waals surface area contributed by atoms with Crippen LogP contribution in [0.2, 0.25) is 0 Å². The predicted octanol–water partition coefficient (Wildman–Crippen LogP) is 0.0877. The first-order valence-corrected chi connectivity index (χ1v) is 4.53. The number of hydrogen-bond donors (Lipinski definition) is 0. The van der Waals surface area contributed by atoms with E-state index < -0.39 is 0 Å². The quantitative estimate of drug-likeness (QED) is 0.682. The van der Waals surface area contributed by atoms with Crippen molar-refractivity contribution < 1.29 is 9.53 Å². The Bertz CT molecular complexity index is 311. The second-order valence-electron chi connectivity index (χ2n) is 3.07. The molecule has 0 saturated carbocycles. The van der Waals surface area contributed by atoms with Crippen LogP contribution in [0.1, 0.15) is 6.42 Å². The molecule has 0 N–H and O–H groups in total. The Morgan fingerprint density at radius 1 is 1.57 bits per heavy atom. The zero-order valence-corrected chi connectivity index (χ0v) is 7.72. The third kappa shape index (κ3) is 1.99. The second-order valence-corrected chi connectivity index (χ2v) is 3.07. The number of nitrogens with zero attached hydrogens (tertiary/aromatic N) is 3. The van der Waals surface area contributed by atoms with E-state index in [9.17, 15) is 4.79 Å². The lowest BCUT2D eigenvalue weighted by Crippen LogP contribution is -2.44. The maximum absolute atomic E-state index is 11.4. The van der Waals surface area contributed by atoms with Gasteiger partial charge in [0.25, 0.3) is 5.91 Å². The summed E-state index contributed by atoms with van der Waals surface area (Å²) < 4.78 is 5.18. The molecule has 0 bridgehead atoms. The van der Waals surface area contributed by atoms with Crippen molar-refractivity contribution >= 4 is 5.91 Å². The third-order valence-corrected chi connectivity index (χ3v) is 2.11. The van der Waals surface area contributed by atoms with Crippen molar-refractivity contribution in [2.24, 2.45) is 0 Å². The first-order chi connectivity index (χ1) is 6.86. The lowest BCUT2D eigenvalue weighted by molar-refractivity contribution is -0.136. The molecular formula is C9H11N3O2. The lowest BCUT2D eigenvalue weighted by atomic mass is 10.2. The van der Waals surface area contributed by atoms with E-state index in [1.165, 1.54) is 6.33 Å². The summed E-state index contributed by atoms with van der Waals surface area (Å²) in [4.78, 5) is 20.7. The van der Waals surface area contributed by atoms with Crippen molar-refractivity contribution in [1.82, 2.24) is 14.9 Å². The molecule has 1 amide bonds. The number of likely N-dealkylation sites (tertiary alicyclic amines) is 1. The highest BCUT2D eigenvalue weighted by atomic mass is 16.5. The van der Waals surface area contributed by atoms with Crippen molar-refractivity contribution in [1.29, 1.82) is 0 Å². The Balaban J connectivity index is 1.79. The van der Waals surface area contributed by atoms with Gasteiger partial charge >= 0.3 is 0 Å². The van der Waals surface area contributed by atoms with E-state index in [1.807, 2.05) is 0 Å². The molecule has 1 aromatic heterocycles. The number of carbonyl (C=O) groups is 1. The van der Waals surface area contributed by atoms with Gasteiger partial charge in [0.2, 0.25) is 5.88 Å². The molecule has 0 unspecified atom stereocenters. The summed E-state index contributed by atoms with van der Waals surface area (Å²) in [5.41, 5.74) is 0. The highest BCUT2D eigenvalue weighted by molar-refractivity contribution is 5.78. The van der Waals surface area contributed by atoms with Crippen molar-refractivity contribution in [3.8, 4) is 5.88 Å². The molecular weight excluding hydrogens is 182 g/mol. The molecule has 2 heterocycles. The summed E-state index contributed by atoms with van der Waals surface area (Å²) >= 11 is 0. The standard InChI is InChI=1S/C9H11N3O2/c13-9(12-4-1-5-12)6-14-8-2-3-10-7-11-8/h2-3,7H,1,4-6H2. The second kappa shape index (κ2) is 4.04. The average molecular weight is 193 g/mol. The molecule has 1 aliphatic rings. The molecule has 74 valence electrons. The molecule has 1 saturated heterocycles. The largest absolute Gasteiger partial charge is 0.467 e. The molecule has 2 rings (SSSR count). The first kappa shape index (κ1) is 8.93. The minimum absolute atomic E-state index is 0.0230. The van der Waals surface area contributed by atoms with Gasteiger partial charge in [0.15, 0.2) is 6.61 Å². The van der Waals surface area contributed by atoms with E-state index in [0.717, 1.165) is 19.5 Å². The van der Waals surface area contributed by atoms with Crippen LogP contribution in [-0.2, 0) is 4.79 Å². The summed E-state index contributed by atoms with van der Waals surface area (Å²) in [5.74, 6) is 0.462. The van der Waals surface area contributed by atoms with E-state index in [4.69, 9.17) is 4.74 Å². The molecule has 5 nitrogen and oxygen atoms in total. The van der Waals surface area contributed by atoms with Gasteiger partial charge in [-0.2, -0.15) is 0 Å². The van der Waals surface area contributed by atoms with Gasteiger partial charge in [0, 0.05) is 25.4 Å². The Morgan fingerprint density at radius 3 is 3.00 bits per heavy atom.